The van der Waals surface area contributed by atoms with Crippen molar-refractivity contribution in [1.82, 2.24) is 0 Å². The van der Waals surface area contributed by atoms with Crippen molar-refractivity contribution in [1.29, 1.82) is 0 Å². The van der Waals surface area contributed by atoms with E-state index in [0.29, 0.717) is 13.1 Å². The molecule has 0 saturated heterocycles. The van der Waals surface area contributed by atoms with Crippen molar-refractivity contribution in [2.75, 3.05) is 19.6 Å². The minimum Gasteiger partial charge on any atom is -0.481 e. The molecule has 0 saturated carbocycles. The zero-order chi connectivity index (χ0) is 17.3. The van der Waals surface area contributed by atoms with Crippen molar-refractivity contribution in [2.24, 2.45) is 0 Å². The summed E-state index contributed by atoms with van der Waals surface area (Å²) >= 11 is 0. The number of aliphatic carboxylic acids is 2. The lowest BCUT2D eigenvalue weighted by molar-refractivity contribution is -0.899. The van der Waals surface area contributed by atoms with Gasteiger partial charge in [-0.3, -0.25) is 9.59 Å². The van der Waals surface area contributed by atoms with Crippen LogP contribution in [-0.2, 0) is 9.59 Å². The van der Waals surface area contributed by atoms with Crippen LogP contribution in [0.5, 0.6) is 0 Å². The average molecular weight is 330 g/mol. The van der Waals surface area contributed by atoms with Gasteiger partial charge in [0, 0.05) is 0 Å². The summed E-state index contributed by atoms with van der Waals surface area (Å²) in [5.41, 5.74) is 0. The number of hydrogen-bond donors (Lipinski definition) is 3. The fourth-order valence-corrected chi connectivity index (χ4v) is 2.80. The molecule has 5 nitrogen and oxygen atoms in total. The molecule has 0 aliphatic carbocycles. The molecule has 0 bridgehead atoms. The molecule has 0 aromatic rings. The summed E-state index contributed by atoms with van der Waals surface area (Å²) in [5.74, 6) is -1.61. The molecule has 0 fully saturated rings. The Hall–Kier alpha value is -1.10. The third-order valence-electron chi connectivity index (χ3n) is 4.27. The molecule has 0 aromatic heterocycles. The van der Waals surface area contributed by atoms with Gasteiger partial charge in [-0.15, -0.1) is 0 Å². The maximum atomic E-state index is 10.7. The third kappa shape index (κ3) is 17.1. The van der Waals surface area contributed by atoms with Crippen LogP contribution < -0.4 is 4.90 Å². The van der Waals surface area contributed by atoms with E-state index < -0.39 is 11.9 Å². The molecule has 0 radical (unpaired) electrons. The first-order chi connectivity index (χ1) is 11.1. The first-order valence-corrected chi connectivity index (χ1v) is 9.33. The van der Waals surface area contributed by atoms with Crippen LogP contribution in [-0.4, -0.2) is 41.8 Å². The first kappa shape index (κ1) is 21.9. The fraction of sp³-hybridized carbons (Fsp3) is 0.889. The maximum Gasteiger partial charge on any atom is 0.309 e. The summed E-state index contributed by atoms with van der Waals surface area (Å²) in [6.07, 6.45) is 13.0. The van der Waals surface area contributed by atoms with Crippen LogP contribution in [0.15, 0.2) is 0 Å². The third-order valence-corrected chi connectivity index (χ3v) is 4.27. The van der Waals surface area contributed by atoms with Crippen molar-refractivity contribution in [3.8, 4) is 0 Å². The summed E-state index contributed by atoms with van der Waals surface area (Å²) in [4.78, 5) is 22.4. The van der Waals surface area contributed by atoms with Crippen LogP contribution >= 0.6 is 0 Å². The van der Waals surface area contributed by atoms with Crippen molar-refractivity contribution < 1.29 is 24.7 Å². The van der Waals surface area contributed by atoms with Gasteiger partial charge in [-0.1, -0.05) is 58.3 Å². The largest absolute Gasteiger partial charge is 0.481 e. The molecule has 0 heterocycles. The Morgan fingerprint density at radius 3 is 1.43 bits per heavy atom. The molecule has 0 amide bonds. The molecule has 0 unspecified atom stereocenters. The lowest BCUT2D eigenvalue weighted by Gasteiger charge is -2.17. The summed E-state index contributed by atoms with van der Waals surface area (Å²) in [5, 5.41) is 17.5. The number of quaternary nitrogens is 1. The predicted octanol–water partition coefficient (Wildman–Crippen LogP) is 2.74. The quantitative estimate of drug-likeness (QED) is 0.358. The number of unbranched alkanes of at least 4 members (excludes halogenated alkanes) is 9. The zero-order valence-electron chi connectivity index (χ0n) is 14.8. The molecule has 0 aliphatic heterocycles. The number of nitrogens with one attached hydrogen (secondary N) is 1. The number of rotatable bonds is 17. The van der Waals surface area contributed by atoms with E-state index in [9.17, 15) is 9.59 Å². The summed E-state index contributed by atoms with van der Waals surface area (Å²) in [6, 6.07) is 0. The van der Waals surface area contributed by atoms with E-state index >= 15 is 0 Å². The summed E-state index contributed by atoms with van der Waals surface area (Å²) < 4.78 is 0. The summed E-state index contributed by atoms with van der Waals surface area (Å²) in [7, 11) is 0. The Kier molecular flexibility index (Phi) is 15.0. The fourth-order valence-electron chi connectivity index (χ4n) is 2.80. The number of carboxylic acids is 2. The molecule has 0 aromatic carbocycles. The van der Waals surface area contributed by atoms with Gasteiger partial charge in [0.1, 0.15) is 0 Å². The lowest BCUT2D eigenvalue weighted by atomic mass is 10.1. The van der Waals surface area contributed by atoms with E-state index in [1.165, 1.54) is 57.8 Å². The molecule has 5 heteroatoms. The standard InChI is InChI=1S/C18H35NO4/c1-2-3-4-5-6-7-8-9-10-11-14-19(15-12-17(20)21)16-13-18(22)23/h2-16H2,1H3,(H,20,21)(H,22,23)/p+1. The molecule has 0 rings (SSSR count). The molecule has 136 valence electrons. The van der Waals surface area contributed by atoms with Gasteiger partial charge in [-0.25, -0.2) is 0 Å². The van der Waals surface area contributed by atoms with Crippen LogP contribution in [0.25, 0.3) is 0 Å². The number of hydrogen-bond acceptors (Lipinski definition) is 2. The van der Waals surface area contributed by atoms with Gasteiger partial charge in [-0.2, -0.15) is 0 Å². The number of carboxylic acid groups (broad SMARTS) is 2. The smallest absolute Gasteiger partial charge is 0.309 e. The van der Waals surface area contributed by atoms with Crippen molar-refractivity contribution >= 4 is 11.9 Å². The summed E-state index contributed by atoms with van der Waals surface area (Å²) in [6.45, 7) is 4.18. The van der Waals surface area contributed by atoms with E-state index in [1.54, 1.807) is 0 Å². The van der Waals surface area contributed by atoms with Crippen molar-refractivity contribution in [3.63, 3.8) is 0 Å². The van der Waals surface area contributed by atoms with E-state index in [2.05, 4.69) is 6.92 Å². The normalized spacial score (nSPS) is 11.0. The van der Waals surface area contributed by atoms with Crippen molar-refractivity contribution in [3.05, 3.63) is 0 Å². The zero-order valence-corrected chi connectivity index (χ0v) is 14.8. The van der Waals surface area contributed by atoms with E-state index in [4.69, 9.17) is 10.2 Å². The maximum absolute atomic E-state index is 10.7. The van der Waals surface area contributed by atoms with Crippen LogP contribution in [0.2, 0.25) is 0 Å². The Morgan fingerprint density at radius 2 is 1.04 bits per heavy atom. The highest BCUT2D eigenvalue weighted by Crippen LogP contribution is 2.09. The number of carbonyl (C=O) groups is 2. The topological polar surface area (TPSA) is 79.0 Å². The van der Waals surface area contributed by atoms with E-state index in [-0.39, 0.29) is 12.8 Å². The highest BCUT2D eigenvalue weighted by atomic mass is 16.4. The van der Waals surface area contributed by atoms with Gasteiger partial charge in [0.2, 0.25) is 0 Å². The van der Waals surface area contributed by atoms with Crippen LogP contribution in [0.3, 0.4) is 0 Å². The Labute approximate surface area is 141 Å². The second-order valence-corrected chi connectivity index (χ2v) is 6.47. The van der Waals surface area contributed by atoms with Crippen LogP contribution in [0.1, 0.15) is 84.0 Å². The second-order valence-electron chi connectivity index (χ2n) is 6.47. The molecular weight excluding hydrogens is 294 g/mol. The van der Waals surface area contributed by atoms with Gasteiger partial charge >= 0.3 is 11.9 Å². The van der Waals surface area contributed by atoms with Gasteiger partial charge < -0.3 is 15.1 Å². The molecular formula is C18H36NO4+. The molecule has 0 spiro atoms. The SMILES string of the molecule is CCCCCCCCCCCC[NH+](CCC(=O)O)CCC(=O)O. The predicted molar refractivity (Wildman–Crippen MR) is 91.9 cm³/mol. The Balaban J connectivity index is 3.60. The first-order valence-electron chi connectivity index (χ1n) is 9.33. The Morgan fingerprint density at radius 1 is 0.652 bits per heavy atom. The van der Waals surface area contributed by atoms with Gasteiger partial charge in [-0.05, 0) is 12.8 Å². The minimum atomic E-state index is -0.805. The average Bonchev–Trinajstić information content (AvgIpc) is 2.50. The second kappa shape index (κ2) is 15.8. The molecule has 0 atom stereocenters. The monoisotopic (exact) mass is 330 g/mol. The Bertz CT molecular complexity index is 289. The van der Waals surface area contributed by atoms with Gasteiger partial charge in [0.05, 0.1) is 32.5 Å². The van der Waals surface area contributed by atoms with Crippen LogP contribution in [0.4, 0.5) is 0 Å². The van der Waals surface area contributed by atoms with E-state index in [1.807, 2.05) is 0 Å². The molecule has 3 N–H and O–H groups in total. The highest BCUT2D eigenvalue weighted by Gasteiger charge is 2.12. The van der Waals surface area contributed by atoms with Gasteiger partial charge in [0.15, 0.2) is 0 Å². The lowest BCUT2D eigenvalue weighted by Crippen LogP contribution is -3.12. The van der Waals surface area contributed by atoms with Crippen LogP contribution in [0, 0.1) is 0 Å². The van der Waals surface area contributed by atoms with Gasteiger partial charge in [0.25, 0.3) is 0 Å². The van der Waals surface area contributed by atoms with E-state index in [0.717, 1.165) is 17.9 Å². The molecule has 0 aliphatic rings. The van der Waals surface area contributed by atoms with Crippen molar-refractivity contribution in [2.45, 2.75) is 84.0 Å². The highest BCUT2D eigenvalue weighted by molar-refractivity contribution is 5.67. The molecule has 23 heavy (non-hydrogen) atoms. The minimum absolute atomic E-state index is 0.118.